The summed E-state index contributed by atoms with van der Waals surface area (Å²) in [4.78, 5) is 23.4. The number of azo groups is 1. The molecular weight excluding hydrogens is 360 g/mol. The monoisotopic (exact) mass is 372 g/mol. The molecule has 0 aliphatic heterocycles. The molecule has 3 N–H and O–H groups in total. The summed E-state index contributed by atoms with van der Waals surface area (Å²) in [6, 6.07) is 10.3. The molecule has 1 aromatic heterocycles. The lowest BCUT2D eigenvalue weighted by Crippen LogP contribution is -2.13. The van der Waals surface area contributed by atoms with Gasteiger partial charge >= 0.3 is 5.97 Å². The summed E-state index contributed by atoms with van der Waals surface area (Å²) in [6.07, 6.45) is 0. The Hall–Kier alpha value is -3.39. The number of aromatic nitrogens is 2. The van der Waals surface area contributed by atoms with Gasteiger partial charge in [0.15, 0.2) is 5.69 Å². The third-order valence-corrected chi connectivity index (χ3v) is 3.86. The van der Waals surface area contributed by atoms with Gasteiger partial charge in [-0.15, -0.1) is 10.2 Å². The quantitative estimate of drug-likeness (QED) is 0.600. The van der Waals surface area contributed by atoms with Gasteiger partial charge in [-0.2, -0.15) is 0 Å². The van der Waals surface area contributed by atoms with E-state index in [1.54, 1.807) is 31.2 Å². The van der Waals surface area contributed by atoms with E-state index in [4.69, 9.17) is 16.7 Å². The van der Waals surface area contributed by atoms with Crippen molar-refractivity contribution in [3.63, 3.8) is 0 Å². The number of phenolic OH excluding ortho intramolecular Hbond substituents is 1. The van der Waals surface area contributed by atoms with E-state index in [1.807, 2.05) is 0 Å². The molecule has 0 bridgehead atoms. The minimum atomic E-state index is -1.17. The van der Waals surface area contributed by atoms with E-state index in [2.05, 4.69) is 15.3 Å². The fourth-order valence-corrected chi connectivity index (χ4v) is 2.40. The molecule has 9 heteroatoms. The number of aromatic carboxylic acids is 1. The van der Waals surface area contributed by atoms with Crippen LogP contribution in [0.3, 0.4) is 0 Å². The van der Waals surface area contributed by atoms with Gasteiger partial charge < -0.3 is 10.2 Å². The summed E-state index contributed by atoms with van der Waals surface area (Å²) in [7, 11) is 0. The zero-order valence-corrected chi connectivity index (χ0v) is 14.2. The summed E-state index contributed by atoms with van der Waals surface area (Å²) in [5.74, 6) is -1.52. The molecule has 26 heavy (non-hydrogen) atoms. The van der Waals surface area contributed by atoms with Crippen LogP contribution in [0.25, 0.3) is 5.69 Å². The third-order valence-electron chi connectivity index (χ3n) is 3.61. The number of nitrogens with one attached hydrogen (secondary N) is 1. The molecule has 1 heterocycles. The maximum absolute atomic E-state index is 12.5. The van der Waals surface area contributed by atoms with Crippen LogP contribution in [0.1, 0.15) is 16.1 Å². The number of H-pyrrole nitrogens is 1. The molecule has 3 rings (SSSR count). The summed E-state index contributed by atoms with van der Waals surface area (Å²) in [5, 5.41) is 29.9. The van der Waals surface area contributed by atoms with Crippen molar-refractivity contribution >= 4 is 28.9 Å². The molecule has 2 aromatic carbocycles. The Morgan fingerprint density at radius 2 is 1.85 bits per heavy atom. The second-order valence-electron chi connectivity index (χ2n) is 5.41. The summed E-state index contributed by atoms with van der Waals surface area (Å²) >= 11 is 5.85. The molecule has 8 nitrogen and oxygen atoms in total. The number of nitrogens with zero attached hydrogens (tertiary/aromatic N) is 3. The number of rotatable bonds is 4. The predicted molar refractivity (Wildman–Crippen MR) is 95.4 cm³/mol. The SMILES string of the molecule is Cc1[nH]n(-c2ccc(Cl)cc2)c(=O)c1N=Nc1ccc(C(=O)O)cc1O. The summed E-state index contributed by atoms with van der Waals surface area (Å²) in [6.45, 7) is 1.66. The minimum Gasteiger partial charge on any atom is -0.506 e. The Bertz CT molecular complexity index is 1070. The Morgan fingerprint density at radius 3 is 2.46 bits per heavy atom. The lowest BCUT2D eigenvalue weighted by atomic mass is 10.2. The number of aryl methyl sites for hydroxylation is 1. The van der Waals surface area contributed by atoms with Gasteiger partial charge in [0.25, 0.3) is 5.56 Å². The molecule has 0 atom stereocenters. The fourth-order valence-electron chi connectivity index (χ4n) is 2.27. The van der Waals surface area contributed by atoms with Crippen molar-refractivity contribution in [2.45, 2.75) is 6.92 Å². The van der Waals surface area contributed by atoms with Crippen molar-refractivity contribution in [3.05, 3.63) is 69.1 Å². The molecule has 3 aromatic rings. The number of carboxylic acid groups (broad SMARTS) is 1. The van der Waals surface area contributed by atoms with E-state index in [1.165, 1.54) is 16.8 Å². The molecule has 0 amide bonds. The minimum absolute atomic E-state index is 0.0491. The highest BCUT2D eigenvalue weighted by atomic mass is 35.5. The van der Waals surface area contributed by atoms with Crippen LogP contribution in [-0.2, 0) is 0 Å². The molecule has 0 unspecified atom stereocenters. The second-order valence-corrected chi connectivity index (χ2v) is 5.85. The molecule has 0 aliphatic rings. The van der Waals surface area contributed by atoms with E-state index in [0.29, 0.717) is 16.4 Å². The topological polar surface area (TPSA) is 120 Å². The number of hydrogen-bond donors (Lipinski definition) is 3. The fraction of sp³-hybridized carbons (Fsp3) is 0.0588. The van der Waals surface area contributed by atoms with Crippen LogP contribution >= 0.6 is 11.6 Å². The number of phenols is 1. The van der Waals surface area contributed by atoms with Crippen molar-refractivity contribution in [3.8, 4) is 11.4 Å². The molecular formula is C17H13ClN4O4. The first kappa shape index (κ1) is 17.4. The highest BCUT2D eigenvalue weighted by molar-refractivity contribution is 6.30. The number of aromatic hydroxyl groups is 1. The maximum atomic E-state index is 12.5. The normalized spacial score (nSPS) is 11.2. The standard InChI is InChI=1S/C17H13ClN4O4/c1-9-15(16(24)22(21-9)12-5-3-11(18)4-6-12)20-19-13-7-2-10(17(25)26)8-14(13)23/h2-8,21,23H,1H3,(H,25,26). The van der Waals surface area contributed by atoms with Crippen LogP contribution in [0.15, 0.2) is 57.5 Å². The van der Waals surface area contributed by atoms with Crippen LogP contribution in [0, 0.1) is 6.92 Å². The van der Waals surface area contributed by atoms with Crippen LogP contribution in [0.4, 0.5) is 11.4 Å². The van der Waals surface area contributed by atoms with Gasteiger partial charge in [-0.1, -0.05) is 11.6 Å². The number of carboxylic acids is 1. The van der Waals surface area contributed by atoms with Crippen LogP contribution in [0.2, 0.25) is 5.02 Å². The van der Waals surface area contributed by atoms with E-state index in [0.717, 1.165) is 6.07 Å². The second kappa shape index (κ2) is 6.85. The molecule has 0 radical (unpaired) electrons. The van der Waals surface area contributed by atoms with Crippen LogP contribution in [0.5, 0.6) is 5.75 Å². The Balaban J connectivity index is 1.96. The zero-order valence-electron chi connectivity index (χ0n) is 13.5. The number of carbonyl (C=O) groups is 1. The molecule has 0 saturated carbocycles. The van der Waals surface area contributed by atoms with Gasteiger partial charge in [-0.3, -0.25) is 9.89 Å². The van der Waals surface area contributed by atoms with Crippen molar-refractivity contribution in [1.82, 2.24) is 9.78 Å². The van der Waals surface area contributed by atoms with Crippen LogP contribution < -0.4 is 5.56 Å². The van der Waals surface area contributed by atoms with E-state index in [-0.39, 0.29) is 22.7 Å². The first-order valence-corrected chi connectivity index (χ1v) is 7.80. The van der Waals surface area contributed by atoms with Crippen molar-refractivity contribution < 1.29 is 15.0 Å². The first-order chi connectivity index (χ1) is 12.4. The van der Waals surface area contributed by atoms with Crippen molar-refractivity contribution in [1.29, 1.82) is 0 Å². The number of aromatic amines is 1. The van der Waals surface area contributed by atoms with Gasteiger partial charge in [-0.05, 0) is 49.4 Å². The highest BCUT2D eigenvalue weighted by Gasteiger charge is 2.13. The third kappa shape index (κ3) is 3.35. The number of halogens is 1. The van der Waals surface area contributed by atoms with Gasteiger partial charge in [0, 0.05) is 5.02 Å². The summed E-state index contributed by atoms with van der Waals surface area (Å²) in [5.41, 5.74) is 0.683. The lowest BCUT2D eigenvalue weighted by Gasteiger charge is -2.00. The molecule has 0 saturated heterocycles. The Labute approximate surface area is 152 Å². The Morgan fingerprint density at radius 1 is 1.15 bits per heavy atom. The number of hydrogen-bond acceptors (Lipinski definition) is 5. The average molecular weight is 373 g/mol. The van der Waals surface area contributed by atoms with Gasteiger partial charge in [0.2, 0.25) is 0 Å². The van der Waals surface area contributed by atoms with Crippen molar-refractivity contribution in [2.24, 2.45) is 10.2 Å². The van der Waals surface area contributed by atoms with Gasteiger partial charge in [0.05, 0.1) is 16.9 Å². The maximum Gasteiger partial charge on any atom is 0.335 e. The van der Waals surface area contributed by atoms with Crippen molar-refractivity contribution in [2.75, 3.05) is 0 Å². The van der Waals surface area contributed by atoms with E-state index in [9.17, 15) is 14.7 Å². The molecule has 132 valence electrons. The van der Waals surface area contributed by atoms with Crippen LogP contribution in [-0.4, -0.2) is 26.0 Å². The van der Waals surface area contributed by atoms with Gasteiger partial charge in [0.1, 0.15) is 11.4 Å². The smallest absolute Gasteiger partial charge is 0.335 e. The molecule has 0 spiro atoms. The van der Waals surface area contributed by atoms with E-state index >= 15 is 0 Å². The lowest BCUT2D eigenvalue weighted by molar-refractivity contribution is 0.0696. The summed E-state index contributed by atoms with van der Waals surface area (Å²) < 4.78 is 1.30. The molecule has 0 fully saturated rings. The number of benzene rings is 2. The first-order valence-electron chi connectivity index (χ1n) is 7.42. The Kier molecular flexibility index (Phi) is 4.59. The largest absolute Gasteiger partial charge is 0.506 e. The predicted octanol–water partition coefficient (Wildman–Crippen LogP) is 3.95. The highest BCUT2D eigenvalue weighted by Crippen LogP contribution is 2.29. The van der Waals surface area contributed by atoms with E-state index < -0.39 is 11.5 Å². The zero-order chi connectivity index (χ0) is 18.8. The molecule has 0 aliphatic carbocycles. The van der Waals surface area contributed by atoms with Gasteiger partial charge in [-0.25, -0.2) is 9.48 Å². The average Bonchev–Trinajstić information content (AvgIpc) is 2.89.